The van der Waals surface area contributed by atoms with Crippen molar-refractivity contribution < 1.29 is 13.2 Å². The highest BCUT2D eigenvalue weighted by Crippen LogP contribution is 2.26. The summed E-state index contributed by atoms with van der Waals surface area (Å²) in [6.45, 7) is 5.40. The summed E-state index contributed by atoms with van der Waals surface area (Å²) in [5.41, 5.74) is -0.0843. The number of nitrogens with one attached hydrogen (secondary N) is 1. The van der Waals surface area contributed by atoms with E-state index < -0.39 is 15.6 Å². The quantitative estimate of drug-likeness (QED) is 0.775. The van der Waals surface area contributed by atoms with Crippen molar-refractivity contribution in [3.8, 4) is 0 Å². The first-order chi connectivity index (χ1) is 12.2. The molecule has 0 saturated carbocycles. The monoisotopic (exact) mass is 394 g/mol. The van der Waals surface area contributed by atoms with Gasteiger partial charge in [-0.3, -0.25) is 9.10 Å². The van der Waals surface area contributed by atoms with Gasteiger partial charge < -0.3 is 5.32 Å². The Bertz CT molecular complexity index is 867. The summed E-state index contributed by atoms with van der Waals surface area (Å²) < 4.78 is 27.3. The molecular formula is C19H23ClN2O3S. The van der Waals surface area contributed by atoms with Gasteiger partial charge in [-0.1, -0.05) is 42.8 Å². The summed E-state index contributed by atoms with van der Waals surface area (Å²) in [7, 11) is -3.91. The zero-order valence-corrected chi connectivity index (χ0v) is 16.6. The Labute approximate surface area is 160 Å². The first-order valence-corrected chi connectivity index (χ1v) is 10.1. The third kappa shape index (κ3) is 4.99. The van der Waals surface area contributed by atoms with Crippen LogP contribution < -0.4 is 9.62 Å². The van der Waals surface area contributed by atoms with Gasteiger partial charge in [0.05, 0.1) is 10.6 Å². The van der Waals surface area contributed by atoms with E-state index in [1.54, 1.807) is 36.4 Å². The molecule has 0 saturated heterocycles. The molecule has 2 rings (SSSR count). The van der Waals surface area contributed by atoms with Gasteiger partial charge in [0.2, 0.25) is 5.91 Å². The largest absolute Gasteiger partial charge is 0.350 e. The topological polar surface area (TPSA) is 66.5 Å². The van der Waals surface area contributed by atoms with E-state index in [9.17, 15) is 13.2 Å². The lowest BCUT2D eigenvalue weighted by atomic mass is 10.0. The molecule has 140 valence electrons. The number of sulfonamides is 1. The second-order valence-electron chi connectivity index (χ2n) is 6.59. The first kappa shape index (κ1) is 20.3. The molecule has 0 spiro atoms. The molecule has 7 heteroatoms. The maximum atomic E-state index is 13.1. The highest BCUT2D eigenvalue weighted by atomic mass is 35.5. The summed E-state index contributed by atoms with van der Waals surface area (Å²) in [5.74, 6) is -0.378. The molecule has 0 bridgehead atoms. The number of amides is 1. The molecule has 0 aliphatic rings. The van der Waals surface area contributed by atoms with Crippen LogP contribution in [0.25, 0.3) is 0 Å². The van der Waals surface area contributed by atoms with Crippen LogP contribution in [0.15, 0.2) is 59.5 Å². The Morgan fingerprint density at radius 3 is 2.35 bits per heavy atom. The number of nitrogens with zero attached hydrogens (tertiary/aromatic N) is 1. The number of hydrogen-bond donors (Lipinski definition) is 1. The molecule has 2 aromatic carbocycles. The van der Waals surface area contributed by atoms with Crippen molar-refractivity contribution in [2.24, 2.45) is 0 Å². The van der Waals surface area contributed by atoms with Gasteiger partial charge in [0.1, 0.15) is 6.54 Å². The Kier molecular flexibility index (Phi) is 6.31. The lowest BCUT2D eigenvalue weighted by molar-refractivity contribution is -0.121. The Morgan fingerprint density at radius 2 is 1.77 bits per heavy atom. The fraction of sp³-hybridized carbons (Fsp3) is 0.316. The van der Waals surface area contributed by atoms with E-state index in [-0.39, 0.29) is 17.3 Å². The van der Waals surface area contributed by atoms with E-state index in [1.165, 1.54) is 18.2 Å². The molecule has 1 N–H and O–H groups in total. The predicted octanol–water partition coefficient (Wildman–Crippen LogP) is 3.84. The van der Waals surface area contributed by atoms with Crippen molar-refractivity contribution in [2.45, 2.75) is 37.6 Å². The van der Waals surface area contributed by atoms with E-state index in [2.05, 4.69) is 5.32 Å². The van der Waals surface area contributed by atoms with Gasteiger partial charge in [-0.25, -0.2) is 8.42 Å². The smallest absolute Gasteiger partial charge is 0.264 e. The minimum Gasteiger partial charge on any atom is -0.350 e. The number of anilines is 1. The number of benzene rings is 2. The van der Waals surface area contributed by atoms with Gasteiger partial charge >= 0.3 is 0 Å². The molecule has 26 heavy (non-hydrogen) atoms. The number of rotatable bonds is 7. The molecule has 0 unspecified atom stereocenters. The summed E-state index contributed by atoms with van der Waals surface area (Å²) >= 11 is 6.03. The second-order valence-corrected chi connectivity index (χ2v) is 8.89. The lowest BCUT2D eigenvalue weighted by Gasteiger charge is -2.28. The molecule has 0 atom stereocenters. The number of halogens is 1. The average molecular weight is 395 g/mol. The molecule has 1 amide bonds. The Balaban J connectivity index is 2.42. The van der Waals surface area contributed by atoms with Gasteiger partial charge in [-0.2, -0.15) is 0 Å². The predicted molar refractivity (Wildman–Crippen MR) is 105 cm³/mol. The number of carbonyl (C=O) groups is 1. The summed E-state index contributed by atoms with van der Waals surface area (Å²) in [4.78, 5) is 12.6. The summed E-state index contributed by atoms with van der Waals surface area (Å²) in [6, 6.07) is 14.5. The van der Waals surface area contributed by atoms with E-state index in [1.807, 2.05) is 20.8 Å². The highest BCUT2D eigenvalue weighted by molar-refractivity contribution is 7.92. The van der Waals surface area contributed by atoms with Gasteiger partial charge in [0, 0.05) is 10.6 Å². The van der Waals surface area contributed by atoms with Crippen molar-refractivity contribution in [3.05, 3.63) is 59.6 Å². The minimum atomic E-state index is -3.91. The SMILES string of the molecule is CCC(C)(C)NC(=O)CN(c1cccc(Cl)c1)S(=O)(=O)c1ccccc1. The molecule has 0 aliphatic carbocycles. The molecule has 0 aromatic heterocycles. The third-order valence-electron chi connectivity index (χ3n) is 4.08. The van der Waals surface area contributed by atoms with E-state index in [4.69, 9.17) is 11.6 Å². The van der Waals surface area contributed by atoms with Crippen molar-refractivity contribution in [3.63, 3.8) is 0 Å². The molecule has 0 radical (unpaired) electrons. The van der Waals surface area contributed by atoms with Crippen LogP contribution in [0.4, 0.5) is 5.69 Å². The van der Waals surface area contributed by atoms with Crippen LogP contribution in [0.1, 0.15) is 27.2 Å². The standard InChI is InChI=1S/C19H23ClN2O3S/c1-4-19(2,3)21-18(23)14-22(16-10-8-9-15(20)13-16)26(24,25)17-11-6-5-7-12-17/h5-13H,4,14H2,1-3H3,(H,21,23). The highest BCUT2D eigenvalue weighted by Gasteiger charge is 2.28. The van der Waals surface area contributed by atoms with Crippen LogP contribution in [-0.4, -0.2) is 26.4 Å². The molecular weight excluding hydrogens is 372 g/mol. The van der Waals surface area contributed by atoms with Crippen LogP contribution in [0.5, 0.6) is 0 Å². The van der Waals surface area contributed by atoms with Crippen LogP contribution >= 0.6 is 11.6 Å². The third-order valence-corrected chi connectivity index (χ3v) is 6.10. The molecule has 5 nitrogen and oxygen atoms in total. The normalized spacial score (nSPS) is 11.8. The van der Waals surface area contributed by atoms with E-state index >= 15 is 0 Å². The fourth-order valence-electron chi connectivity index (χ4n) is 2.30. The Morgan fingerprint density at radius 1 is 1.12 bits per heavy atom. The molecule has 0 aliphatic heterocycles. The maximum absolute atomic E-state index is 13.1. The zero-order valence-electron chi connectivity index (χ0n) is 15.1. The average Bonchev–Trinajstić information content (AvgIpc) is 2.60. The van der Waals surface area contributed by atoms with Crippen molar-refractivity contribution in [1.29, 1.82) is 0 Å². The van der Waals surface area contributed by atoms with Crippen LogP contribution in [0.2, 0.25) is 5.02 Å². The molecule has 0 heterocycles. The Hall–Kier alpha value is -2.05. The molecule has 2 aromatic rings. The van der Waals surface area contributed by atoms with Gasteiger partial charge in [-0.15, -0.1) is 0 Å². The second kappa shape index (κ2) is 8.10. The number of carbonyl (C=O) groups excluding carboxylic acids is 1. The first-order valence-electron chi connectivity index (χ1n) is 8.30. The zero-order chi connectivity index (χ0) is 19.4. The van der Waals surface area contributed by atoms with Crippen molar-refractivity contribution >= 4 is 33.2 Å². The van der Waals surface area contributed by atoms with Gasteiger partial charge in [0.25, 0.3) is 10.0 Å². The van der Waals surface area contributed by atoms with Crippen LogP contribution in [0.3, 0.4) is 0 Å². The maximum Gasteiger partial charge on any atom is 0.264 e. The fourth-order valence-corrected chi connectivity index (χ4v) is 3.92. The molecule has 0 fully saturated rings. The number of hydrogen-bond acceptors (Lipinski definition) is 3. The van der Waals surface area contributed by atoms with Gasteiger partial charge in [-0.05, 0) is 50.6 Å². The van der Waals surface area contributed by atoms with Gasteiger partial charge in [0.15, 0.2) is 0 Å². The lowest BCUT2D eigenvalue weighted by Crippen LogP contribution is -2.48. The van der Waals surface area contributed by atoms with Crippen LogP contribution in [0, 0.1) is 0 Å². The minimum absolute atomic E-state index is 0.113. The van der Waals surface area contributed by atoms with Crippen molar-refractivity contribution in [2.75, 3.05) is 10.8 Å². The van der Waals surface area contributed by atoms with Crippen molar-refractivity contribution in [1.82, 2.24) is 5.32 Å². The summed E-state index contributed by atoms with van der Waals surface area (Å²) in [6.07, 6.45) is 0.724. The van der Waals surface area contributed by atoms with Crippen LogP contribution in [-0.2, 0) is 14.8 Å². The van der Waals surface area contributed by atoms with E-state index in [0.717, 1.165) is 10.7 Å². The van der Waals surface area contributed by atoms with E-state index in [0.29, 0.717) is 10.7 Å². The summed E-state index contributed by atoms with van der Waals surface area (Å²) in [5, 5.41) is 3.26.